The van der Waals surface area contributed by atoms with Crippen LogP contribution >= 0.6 is 0 Å². The van der Waals surface area contributed by atoms with Gasteiger partial charge in [0.15, 0.2) is 5.82 Å². The van der Waals surface area contributed by atoms with Crippen molar-refractivity contribution in [3.05, 3.63) is 66.1 Å². The van der Waals surface area contributed by atoms with Gasteiger partial charge in [0.25, 0.3) is 5.91 Å². The number of methoxy groups -OCH3 is 1. The minimum atomic E-state index is -0.140. The third-order valence-electron chi connectivity index (χ3n) is 3.89. The van der Waals surface area contributed by atoms with Gasteiger partial charge in [-0.2, -0.15) is 5.10 Å². The van der Waals surface area contributed by atoms with Gasteiger partial charge in [0.1, 0.15) is 5.56 Å². The summed E-state index contributed by atoms with van der Waals surface area (Å²) in [6, 6.07) is 11.9. The molecule has 0 aliphatic carbocycles. The Balaban J connectivity index is 1.95. The minimum absolute atomic E-state index is 0.140. The zero-order valence-corrected chi connectivity index (χ0v) is 14.5. The van der Waals surface area contributed by atoms with Gasteiger partial charge in [-0.3, -0.25) is 4.79 Å². The van der Waals surface area contributed by atoms with Crippen molar-refractivity contribution in [1.29, 1.82) is 0 Å². The van der Waals surface area contributed by atoms with E-state index in [9.17, 15) is 4.79 Å². The first-order valence-electron chi connectivity index (χ1n) is 8.26. The van der Waals surface area contributed by atoms with Gasteiger partial charge in [-0.15, -0.1) is 0 Å². The van der Waals surface area contributed by atoms with Crippen LogP contribution in [0.25, 0.3) is 11.5 Å². The number of aryl methyl sites for hydroxylation is 1. The molecule has 0 radical (unpaired) electrons. The summed E-state index contributed by atoms with van der Waals surface area (Å²) in [5, 5.41) is 7.39. The largest absolute Gasteiger partial charge is 0.385 e. The van der Waals surface area contributed by atoms with Gasteiger partial charge in [-0.1, -0.05) is 12.1 Å². The lowest BCUT2D eigenvalue weighted by Crippen LogP contribution is -2.26. The molecule has 0 spiro atoms. The number of hydrogen-bond donors (Lipinski definition) is 1. The van der Waals surface area contributed by atoms with Gasteiger partial charge in [0.05, 0.1) is 11.9 Å². The van der Waals surface area contributed by atoms with Crippen molar-refractivity contribution < 1.29 is 9.53 Å². The molecule has 0 aliphatic heterocycles. The van der Waals surface area contributed by atoms with E-state index in [0.29, 0.717) is 18.7 Å². The minimum Gasteiger partial charge on any atom is -0.385 e. The first-order chi connectivity index (χ1) is 12.2. The Labute approximate surface area is 147 Å². The van der Waals surface area contributed by atoms with E-state index < -0.39 is 0 Å². The van der Waals surface area contributed by atoms with E-state index in [2.05, 4.69) is 10.4 Å². The predicted octanol–water partition coefficient (Wildman–Crippen LogP) is 2.74. The molecule has 1 amide bonds. The molecule has 1 aromatic carbocycles. The number of hydrogen-bond acceptors (Lipinski definition) is 3. The lowest BCUT2D eigenvalue weighted by atomic mass is 10.2. The molecule has 2 aromatic heterocycles. The maximum atomic E-state index is 12.6. The van der Waals surface area contributed by atoms with Crippen molar-refractivity contribution in [1.82, 2.24) is 19.7 Å². The fourth-order valence-electron chi connectivity index (χ4n) is 2.69. The Kier molecular flexibility index (Phi) is 5.30. The van der Waals surface area contributed by atoms with Crippen LogP contribution in [-0.2, 0) is 4.74 Å². The lowest BCUT2D eigenvalue weighted by Gasteiger charge is -2.11. The molecule has 6 nitrogen and oxygen atoms in total. The quantitative estimate of drug-likeness (QED) is 0.674. The summed E-state index contributed by atoms with van der Waals surface area (Å²) in [4.78, 5) is 12.6. The second-order valence-electron chi connectivity index (χ2n) is 5.83. The van der Waals surface area contributed by atoms with Crippen molar-refractivity contribution in [3.63, 3.8) is 0 Å². The van der Waals surface area contributed by atoms with E-state index in [1.54, 1.807) is 18.0 Å². The van der Waals surface area contributed by atoms with Crippen LogP contribution in [0.2, 0.25) is 0 Å². The number of carbonyl (C=O) groups is 1. The highest BCUT2D eigenvalue weighted by atomic mass is 16.5. The zero-order chi connectivity index (χ0) is 17.6. The van der Waals surface area contributed by atoms with Crippen LogP contribution in [-0.4, -0.2) is 40.5 Å². The Morgan fingerprint density at radius 2 is 2.04 bits per heavy atom. The van der Waals surface area contributed by atoms with Gasteiger partial charge in [-0.25, -0.2) is 4.68 Å². The molecule has 0 atom stereocenters. The number of ether oxygens (including phenoxy) is 1. The summed E-state index contributed by atoms with van der Waals surface area (Å²) in [6.45, 7) is 3.21. The summed E-state index contributed by atoms with van der Waals surface area (Å²) in [7, 11) is 1.65. The topological polar surface area (TPSA) is 61.1 Å². The maximum absolute atomic E-state index is 12.6. The summed E-state index contributed by atoms with van der Waals surface area (Å²) in [5.74, 6) is 0.582. The Bertz CT molecular complexity index is 837. The van der Waals surface area contributed by atoms with Crippen molar-refractivity contribution in [2.24, 2.45) is 0 Å². The average molecular weight is 338 g/mol. The van der Waals surface area contributed by atoms with Gasteiger partial charge in [0.2, 0.25) is 0 Å². The highest BCUT2D eigenvalue weighted by molar-refractivity contribution is 5.97. The van der Waals surface area contributed by atoms with Crippen molar-refractivity contribution >= 4 is 5.91 Å². The third-order valence-corrected chi connectivity index (χ3v) is 3.89. The molecule has 0 bridgehead atoms. The van der Waals surface area contributed by atoms with Crippen LogP contribution in [0.3, 0.4) is 0 Å². The van der Waals surface area contributed by atoms with Crippen LogP contribution in [0.4, 0.5) is 0 Å². The molecule has 0 unspecified atom stereocenters. The summed E-state index contributed by atoms with van der Waals surface area (Å²) >= 11 is 0. The van der Waals surface area contributed by atoms with E-state index in [-0.39, 0.29) is 5.91 Å². The Morgan fingerprint density at radius 1 is 1.24 bits per heavy atom. The van der Waals surface area contributed by atoms with E-state index in [0.717, 1.165) is 23.5 Å². The predicted molar refractivity (Wildman–Crippen MR) is 96.5 cm³/mol. The molecule has 2 heterocycles. The number of nitrogens with zero attached hydrogens (tertiary/aromatic N) is 3. The molecule has 0 saturated heterocycles. The monoisotopic (exact) mass is 338 g/mol. The Hall–Kier alpha value is -2.86. The van der Waals surface area contributed by atoms with Gasteiger partial charge in [-0.05, 0) is 43.2 Å². The normalized spacial score (nSPS) is 10.8. The number of nitrogens with one attached hydrogen (secondary N) is 1. The highest BCUT2D eigenvalue weighted by Crippen LogP contribution is 2.20. The Morgan fingerprint density at radius 3 is 2.76 bits per heavy atom. The molecular weight excluding hydrogens is 316 g/mol. The highest BCUT2D eigenvalue weighted by Gasteiger charge is 2.19. The van der Waals surface area contributed by atoms with Gasteiger partial charge < -0.3 is 14.6 Å². The average Bonchev–Trinajstić information content (AvgIpc) is 3.27. The first kappa shape index (κ1) is 17.0. The molecule has 130 valence electrons. The van der Waals surface area contributed by atoms with Crippen LogP contribution < -0.4 is 5.32 Å². The molecule has 0 saturated carbocycles. The molecule has 1 N–H and O–H groups in total. The SMILES string of the molecule is COCCCNC(=O)c1cnn(-c2cccc(C)c2)c1-n1cccc1. The standard InChI is InChI=1S/C19H22N4O2/c1-15-7-5-8-16(13-15)23-19(22-10-3-4-11-22)17(14-21-23)18(24)20-9-6-12-25-2/h3-5,7-8,10-11,13-14H,6,9,12H2,1-2H3,(H,20,24). The molecule has 0 fully saturated rings. The number of benzene rings is 1. The molecule has 6 heteroatoms. The maximum Gasteiger partial charge on any atom is 0.256 e. The molecule has 3 rings (SSSR count). The molecule has 0 aliphatic rings. The van der Waals surface area contributed by atoms with Gasteiger partial charge in [0, 0.05) is 32.7 Å². The molecule has 3 aromatic rings. The summed E-state index contributed by atoms with van der Waals surface area (Å²) in [5.41, 5.74) is 2.59. The number of carbonyl (C=O) groups excluding carboxylic acids is 1. The molecule has 25 heavy (non-hydrogen) atoms. The van der Waals surface area contributed by atoms with Crippen molar-refractivity contribution in [2.45, 2.75) is 13.3 Å². The fourth-order valence-corrected chi connectivity index (χ4v) is 2.69. The zero-order valence-electron chi connectivity index (χ0n) is 14.5. The lowest BCUT2D eigenvalue weighted by molar-refractivity contribution is 0.0948. The van der Waals surface area contributed by atoms with Crippen LogP contribution in [0.15, 0.2) is 55.0 Å². The second kappa shape index (κ2) is 7.81. The van der Waals surface area contributed by atoms with Crippen molar-refractivity contribution in [3.8, 4) is 11.5 Å². The van der Waals surface area contributed by atoms with Crippen LogP contribution in [0.1, 0.15) is 22.3 Å². The van der Waals surface area contributed by atoms with Crippen LogP contribution in [0, 0.1) is 6.92 Å². The fraction of sp³-hybridized carbons (Fsp3) is 0.263. The van der Waals surface area contributed by atoms with E-state index >= 15 is 0 Å². The summed E-state index contributed by atoms with van der Waals surface area (Å²) in [6.07, 6.45) is 6.20. The van der Waals surface area contributed by atoms with E-state index in [4.69, 9.17) is 4.74 Å². The number of aromatic nitrogens is 3. The first-order valence-corrected chi connectivity index (χ1v) is 8.26. The smallest absolute Gasteiger partial charge is 0.256 e. The van der Waals surface area contributed by atoms with Gasteiger partial charge >= 0.3 is 0 Å². The number of amides is 1. The van der Waals surface area contributed by atoms with Crippen molar-refractivity contribution in [2.75, 3.05) is 20.3 Å². The van der Waals surface area contributed by atoms with E-state index in [1.165, 1.54) is 0 Å². The second-order valence-corrected chi connectivity index (χ2v) is 5.83. The van der Waals surface area contributed by atoms with Crippen LogP contribution in [0.5, 0.6) is 0 Å². The molecular formula is C19H22N4O2. The summed E-state index contributed by atoms with van der Waals surface area (Å²) < 4.78 is 8.70. The number of rotatable bonds is 7. The van der Waals surface area contributed by atoms with E-state index in [1.807, 2.05) is 60.3 Å². The third kappa shape index (κ3) is 3.80.